The highest BCUT2D eigenvalue weighted by atomic mass is 32.1. The number of carbonyl (C=O) groups excluding carboxylic acids is 1. The zero-order chi connectivity index (χ0) is 15.1. The Morgan fingerprint density at radius 2 is 2.27 bits per heavy atom. The third-order valence-corrected chi connectivity index (χ3v) is 5.75. The maximum Gasteiger partial charge on any atom is 0.220 e. The Balaban J connectivity index is 1.48. The lowest BCUT2D eigenvalue weighted by molar-refractivity contribution is -0.122. The molecule has 2 aliphatic rings. The molecule has 2 heterocycles. The Labute approximate surface area is 133 Å². The second kappa shape index (κ2) is 5.66. The third-order valence-electron chi connectivity index (χ3n) is 4.99. The Morgan fingerprint density at radius 3 is 3.05 bits per heavy atom. The van der Waals surface area contributed by atoms with Crippen LogP contribution in [-0.4, -0.2) is 21.3 Å². The van der Waals surface area contributed by atoms with Gasteiger partial charge in [0.05, 0.1) is 11.4 Å². The summed E-state index contributed by atoms with van der Waals surface area (Å²) in [6, 6.07) is 0.391. The topological polar surface area (TPSA) is 72.4 Å². The zero-order valence-corrected chi connectivity index (χ0v) is 13.4. The van der Waals surface area contributed by atoms with Crippen molar-refractivity contribution in [2.24, 2.45) is 11.7 Å². The van der Waals surface area contributed by atoms with E-state index in [1.807, 2.05) is 0 Å². The summed E-state index contributed by atoms with van der Waals surface area (Å²) >= 11 is 1.70. The van der Waals surface area contributed by atoms with Crippen LogP contribution in [0.4, 0.5) is 0 Å². The van der Waals surface area contributed by atoms with E-state index in [4.69, 9.17) is 10.7 Å². The van der Waals surface area contributed by atoms with Crippen molar-refractivity contribution in [1.82, 2.24) is 14.7 Å². The predicted molar refractivity (Wildman–Crippen MR) is 86.8 cm³/mol. The molecule has 0 saturated heterocycles. The minimum absolute atomic E-state index is 0.0424. The molecule has 4 rings (SSSR count). The molecule has 0 unspecified atom stereocenters. The molecular weight excluding hydrogens is 296 g/mol. The number of primary amides is 1. The second-order valence-corrected chi connectivity index (χ2v) is 7.49. The lowest BCUT2D eigenvalue weighted by Crippen LogP contribution is -2.38. The highest BCUT2D eigenvalue weighted by Gasteiger charge is 2.31. The van der Waals surface area contributed by atoms with Crippen LogP contribution in [0.1, 0.15) is 55.8 Å². The van der Waals surface area contributed by atoms with E-state index in [1.54, 1.807) is 11.3 Å². The van der Waals surface area contributed by atoms with Crippen LogP contribution in [0.25, 0.3) is 4.96 Å². The van der Waals surface area contributed by atoms with Crippen LogP contribution >= 0.6 is 11.3 Å². The maximum atomic E-state index is 11.4. The van der Waals surface area contributed by atoms with Crippen molar-refractivity contribution < 1.29 is 4.79 Å². The number of aromatic nitrogens is 2. The Bertz CT molecular complexity index is 687. The van der Waals surface area contributed by atoms with Gasteiger partial charge in [-0.25, -0.2) is 4.98 Å². The van der Waals surface area contributed by atoms with Gasteiger partial charge in [0.15, 0.2) is 4.96 Å². The van der Waals surface area contributed by atoms with Gasteiger partial charge in [-0.3, -0.25) is 9.20 Å². The monoisotopic (exact) mass is 318 g/mol. The lowest BCUT2D eigenvalue weighted by Gasteiger charge is -2.28. The first-order chi connectivity index (χ1) is 10.7. The van der Waals surface area contributed by atoms with Gasteiger partial charge < -0.3 is 11.1 Å². The molecule has 2 atom stereocenters. The summed E-state index contributed by atoms with van der Waals surface area (Å²) in [5.74, 6) is 0.559. The summed E-state index contributed by atoms with van der Waals surface area (Å²) < 4.78 is 2.22. The summed E-state index contributed by atoms with van der Waals surface area (Å²) in [5.41, 5.74) is 8.06. The van der Waals surface area contributed by atoms with Crippen LogP contribution in [0.15, 0.2) is 11.6 Å². The van der Waals surface area contributed by atoms with Gasteiger partial charge in [-0.2, -0.15) is 0 Å². The Hall–Kier alpha value is -1.40. The van der Waals surface area contributed by atoms with Gasteiger partial charge >= 0.3 is 0 Å². The fourth-order valence-corrected chi connectivity index (χ4v) is 4.32. The average Bonchev–Trinajstić information content (AvgIpc) is 3.16. The number of imidazole rings is 1. The predicted octanol–water partition coefficient (Wildman–Crippen LogP) is 2.41. The number of nitrogens with zero attached hydrogens (tertiary/aromatic N) is 2. The van der Waals surface area contributed by atoms with E-state index in [9.17, 15) is 4.79 Å². The third kappa shape index (κ3) is 2.65. The number of rotatable bonds is 5. The number of nitrogens with one attached hydrogen (secondary N) is 1. The van der Waals surface area contributed by atoms with Gasteiger partial charge in [-0.15, -0.1) is 11.3 Å². The minimum atomic E-state index is -0.144. The second-order valence-electron chi connectivity index (χ2n) is 6.62. The van der Waals surface area contributed by atoms with Crippen molar-refractivity contribution >= 4 is 22.2 Å². The van der Waals surface area contributed by atoms with Crippen molar-refractivity contribution in [3.05, 3.63) is 23.0 Å². The molecule has 1 amide bonds. The molecule has 0 spiro atoms. The summed E-state index contributed by atoms with van der Waals surface area (Å²) in [7, 11) is 0. The first-order valence-corrected chi connectivity index (χ1v) is 9.07. The minimum Gasteiger partial charge on any atom is -0.369 e. The van der Waals surface area contributed by atoms with Crippen molar-refractivity contribution in [2.75, 3.05) is 0 Å². The van der Waals surface area contributed by atoms with E-state index < -0.39 is 0 Å². The van der Waals surface area contributed by atoms with Crippen LogP contribution in [0, 0.1) is 5.92 Å². The van der Waals surface area contributed by atoms with Gasteiger partial charge in [0.1, 0.15) is 0 Å². The van der Waals surface area contributed by atoms with E-state index in [-0.39, 0.29) is 11.8 Å². The molecule has 118 valence electrons. The molecule has 0 aromatic carbocycles. The molecule has 2 aromatic rings. The van der Waals surface area contributed by atoms with Crippen molar-refractivity contribution in [1.29, 1.82) is 0 Å². The van der Waals surface area contributed by atoms with Crippen LogP contribution in [0.2, 0.25) is 0 Å². The van der Waals surface area contributed by atoms with E-state index in [0.29, 0.717) is 12.0 Å². The molecule has 2 aliphatic carbocycles. The van der Waals surface area contributed by atoms with Gasteiger partial charge in [-0.05, 0) is 32.1 Å². The molecule has 2 fully saturated rings. The first-order valence-electron chi connectivity index (χ1n) is 8.19. The first kappa shape index (κ1) is 14.2. The van der Waals surface area contributed by atoms with E-state index in [1.165, 1.54) is 24.2 Å². The number of hydrogen-bond acceptors (Lipinski definition) is 4. The van der Waals surface area contributed by atoms with E-state index in [2.05, 4.69) is 21.3 Å². The molecule has 3 N–H and O–H groups in total. The molecule has 5 nitrogen and oxygen atoms in total. The summed E-state index contributed by atoms with van der Waals surface area (Å²) in [6.45, 7) is 0.833. The number of amides is 1. The number of carbonyl (C=O) groups is 1. The van der Waals surface area contributed by atoms with Gasteiger partial charge in [0, 0.05) is 36.0 Å². The zero-order valence-electron chi connectivity index (χ0n) is 12.6. The number of fused-ring (bicyclic) bond motifs is 1. The van der Waals surface area contributed by atoms with Crippen LogP contribution in [0.5, 0.6) is 0 Å². The number of hydrogen-bond donors (Lipinski definition) is 2. The average molecular weight is 318 g/mol. The van der Waals surface area contributed by atoms with Gasteiger partial charge in [0.25, 0.3) is 0 Å². The fourth-order valence-electron chi connectivity index (χ4n) is 3.58. The molecule has 0 bridgehead atoms. The standard InChI is InChI=1S/C16H22N4OS/c17-15(21)11-2-1-3-12(8-11)18-9-13-14(10-4-5-10)19-16-20(13)6-7-22-16/h6-7,10-12,18H,1-5,8-9H2,(H2,17,21)/t11-,12-/m1/s1. The Morgan fingerprint density at radius 1 is 1.41 bits per heavy atom. The summed E-state index contributed by atoms with van der Waals surface area (Å²) in [6.07, 6.45) is 8.69. The molecule has 6 heteroatoms. The smallest absolute Gasteiger partial charge is 0.220 e. The van der Waals surface area contributed by atoms with Crippen LogP contribution in [-0.2, 0) is 11.3 Å². The van der Waals surface area contributed by atoms with E-state index >= 15 is 0 Å². The molecule has 22 heavy (non-hydrogen) atoms. The molecular formula is C16H22N4OS. The quantitative estimate of drug-likeness (QED) is 0.889. The molecule has 0 aliphatic heterocycles. The Kier molecular flexibility index (Phi) is 3.66. The fraction of sp³-hybridized carbons (Fsp3) is 0.625. The lowest BCUT2D eigenvalue weighted by atomic mass is 9.85. The molecule has 2 aromatic heterocycles. The summed E-state index contributed by atoms with van der Waals surface area (Å²) in [4.78, 5) is 17.3. The van der Waals surface area contributed by atoms with Crippen molar-refractivity contribution in [2.45, 2.75) is 57.0 Å². The van der Waals surface area contributed by atoms with Gasteiger partial charge in [-0.1, -0.05) is 6.42 Å². The highest BCUT2D eigenvalue weighted by molar-refractivity contribution is 7.15. The summed E-state index contributed by atoms with van der Waals surface area (Å²) in [5, 5.41) is 5.74. The number of thiazole rings is 1. The highest BCUT2D eigenvalue weighted by Crippen LogP contribution is 2.41. The van der Waals surface area contributed by atoms with Crippen molar-refractivity contribution in [3.8, 4) is 0 Å². The van der Waals surface area contributed by atoms with Crippen molar-refractivity contribution in [3.63, 3.8) is 0 Å². The normalized spacial score (nSPS) is 25.6. The van der Waals surface area contributed by atoms with Gasteiger partial charge in [0.2, 0.25) is 5.91 Å². The SMILES string of the molecule is NC(=O)[C@@H]1CCC[C@@H](NCc2c(C3CC3)nc3sccn23)C1. The van der Waals surface area contributed by atoms with Crippen LogP contribution in [0.3, 0.4) is 0 Å². The largest absolute Gasteiger partial charge is 0.369 e. The molecule has 2 saturated carbocycles. The van der Waals surface area contributed by atoms with Crippen LogP contribution < -0.4 is 11.1 Å². The van der Waals surface area contributed by atoms with E-state index in [0.717, 1.165) is 37.2 Å². The number of nitrogens with two attached hydrogens (primary N) is 1. The maximum absolute atomic E-state index is 11.4. The molecule has 0 radical (unpaired) electrons.